The zero-order valence-corrected chi connectivity index (χ0v) is 18.0. The Morgan fingerprint density at radius 2 is 1.79 bits per heavy atom. The standard InChI is InChI=1S/C20H24F2N2O2S2/c1-18(2,3)15-12-23-17(27-15)24-16(25)20(10-5-11-20)28(26)14-8-6-13(7-9-14)19(4,21)22/h6-9,12H,5,10-11H2,1-4H3,(H,23,24,25)/t28-/m0/s1. The molecule has 2 aromatic rings. The molecule has 0 bridgehead atoms. The van der Waals surface area contributed by atoms with E-state index in [-0.39, 0.29) is 16.9 Å². The summed E-state index contributed by atoms with van der Waals surface area (Å²) in [4.78, 5) is 18.7. The second kappa shape index (κ2) is 7.30. The van der Waals surface area contributed by atoms with Crippen molar-refractivity contribution in [1.29, 1.82) is 0 Å². The Labute approximate surface area is 170 Å². The Morgan fingerprint density at radius 3 is 2.21 bits per heavy atom. The quantitative estimate of drug-likeness (QED) is 0.713. The van der Waals surface area contributed by atoms with Gasteiger partial charge in [0.25, 0.3) is 5.92 Å². The molecule has 1 aliphatic carbocycles. The van der Waals surface area contributed by atoms with Crippen molar-refractivity contribution >= 4 is 33.2 Å². The highest BCUT2D eigenvalue weighted by atomic mass is 32.2. The van der Waals surface area contributed by atoms with Gasteiger partial charge in [-0.25, -0.2) is 13.8 Å². The van der Waals surface area contributed by atoms with Gasteiger partial charge in [-0.1, -0.05) is 32.9 Å². The molecular formula is C20H24F2N2O2S2. The highest BCUT2D eigenvalue weighted by Crippen LogP contribution is 2.42. The van der Waals surface area contributed by atoms with Crippen LogP contribution in [0.15, 0.2) is 35.4 Å². The summed E-state index contributed by atoms with van der Waals surface area (Å²) in [6, 6.07) is 5.40. The van der Waals surface area contributed by atoms with Crippen LogP contribution in [0.1, 0.15) is 57.4 Å². The number of alkyl halides is 2. The van der Waals surface area contributed by atoms with Crippen molar-refractivity contribution in [2.24, 2.45) is 0 Å². The minimum absolute atomic E-state index is 0.0687. The average Bonchev–Trinajstić information content (AvgIpc) is 3.02. The van der Waals surface area contributed by atoms with E-state index < -0.39 is 21.5 Å². The lowest BCUT2D eigenvalue weighted by atomic mass is 9.83. The summed E-state index contributed by atoms with van der Waals surface area (Å²) in [5.74, 6) is -3.28. The Balaban J connectivity index is 1.79. The van der Waals surface area contributed by atoms with E-state index in [0.717, 1.165) is 18.2 Å². The fraction of sp³-hybridized carbons (Fsp3) is 0.500. The molecule has 152 valence electrons. The van der Waals surface area contributed by atoms with Gasteiger partial charge in [0, 0.05) is 28.5 Å². The number of hydrogen-bond donors (Lipinski definition) is 1. The smallest absolute Gasteiger partial charge is 0.270 e. The summed E-state index contributed by atoms with van der Waals surface area (Å²) in [5.41, 5.74) is -0.210. The van der Waals surface area contributed by atoms with Gasteiger partial charge in [-0.05, 0) is 36.8 Å². The summed E-state index contributed by atoms with van der Waals surface area (Å²) in [6.45, 7) is 7.02. The third-order valence-electron chi connectivity index (χ3n) is 4.97. The molecule has 3 rings (SSSR count). The molecule has 0 aliphatic heterocycles. The number of hydrogen-bond acceptors (Lipinski definition) is 4. The van der Waals surface area contributed by atoms with Crippen LogP contribution in [0.3, 0.4) is 0 Å². The molecule has 1 aromatic heterocycles. The van der Waals surface area contributed by atoms with Crippen LogP contribution in [0.5, 0.6) is 0 Å². The molecule has 0 saturated heterocycles. The zero-order valence-electron chi connectivity index (χ0n) is 16.3. The molecular weight excluding hydrogens is 402 g/mol. The number of benzene rings is 1. The number of carbonyl (C=O) groups is 1. The normalized spacial score (nSPS) is 17.6. The lowest BCUT2D eigenvalue weighted by Gasteiger charge is -2.38. The number of thiazole rings is 1. The Kier molecular flexibility index (Phi) is 5.49. The first-order valence-electron chi connectivity index (χ1n) is 9.11. The number of nitrogens with one attached hydrogen (secondary N) is 1. The fourth-order valence-corrected chi connectivity index (χ4v) is 5.56. The topological polar surface area (TPSA) is 59.1 Å². The van der Waals surface area contributed by atoms with E-state index in [9.17, 15) is 17.8 Å². The number of aromatic nitrogens is 1. The van der Waals surface area contributed by atoms with Gasteiger partial charge in [0.2, 0.25) is 5.91 Å². The van der Waals surface area contributed by atoms with Gasteiger partial charge >= 0.3 is 0 Å². The maximum absolute atomic E-state index is 13.4. The third kappa shape index (κ3) is 4.03. The Hall–Kier alpha value is -1.67. The van der Waals surface area contributed by atoms with Gasteiger partial charge in [-0.15, -0.1) is 11.3 Å². The maximum Gasteiger partial charge on any atom is 0.270 e. The predicted molar refractivity (Wildman–Crippen MR) is 108 cm³/mol. The van der Waals surface area contributed by atoms with Crippen molar-refractivity contribution in [2.45, 2.75) is 67.9 Å². The largest absolute Gasteiger partial charge is 0.301 e. The van der Waals surface area contributed by atoms with E-state index in [2.05, 4.69) is 31.1 Å². The number of halogens is 2. The van der Waals surface area contributed by atoms with E-state index >= 15 is 0 Å². The van der Waals surface area contributed by atoms with E-state index in [0.29, 0.717) is 22.9 Å². The molecule has 0 radical (unpaired) electrons. The van der Waals surface area contributed by atoms with Crippen molar-refractivity contribution < 1.29 is 17.8 Å². The number of carbonyl (C=O) groups excluding carboxylic acids is 1. The molecule has 0 unspecified atom stereocenters. The summed E-state index contributed by atoms with van der Waals surface area (Å²) in [5, 5.41) is 3.30. The fourth-order valence-electron chi connectivity index (χ4n) is 2.98. The highest BCUT2D eigenvalue weighted by molar-refractivity contribution is 7.87. The summed E-state index contributed by atoms with van der Waals surface area (Å²) in [7, 11) is -1.63. The van der Waals surface area contributed by atoms with E-state index in [4.69, 9.17) is 0 Å². The maximum atomic E-state index is 13.4. The SMILES string of the molecule is CC(C)(C)c1cnc(NC(=O)C2([S@@](=O)c3ccc(C(C)(F)F)cc3)CCC2)s1. The minimum Gasteiger partial charge on any atom is -0.301 e. The van der Waals surface area contributed by atoms with E-state index in [1.807, 2.05) is 0 Å². The zero-order chi connectivity index (χ0) is 20.7. The predicted octanol–water partition coefficient (Wildman–Crippen LogP) is 5.22. The van der Waals surface area contributed by atoms with Crippen molar-refractivity contribution in [2.75, 3.05) is 5.32 Å². The molecule has 1 fully saturated rings. The highest BCUT2D eigenvalue weighted by Gasteiger charge is 2.50. The van der Waals surface area contributed by atoms with Crippen molar-refractivity contribution in [3.8, 4) is 0 Å². The van der Waals surface area contributed by atoms with Crippen molar-refractivity contribution in [3.05, 3.63) is 40.9 Å². The molecule has 1 amide bonds. The first-order valence-corrected chi connectivity index (χ1v) is 11.1. The summed E-state index contributed by atoms with van der Waals surface area (Å²) in [6.07, 6.45) is 3.53. The molecule has 0 spiro atoms. The Morgan fingerprint density at radius 1 is 1.18 bits per heavy atom. The van der Waals surface area contributed by atoms with Crippen LogP contribution in [0.2, 0.25) is 0 Å². The molecule has 8 heteroatoms. The van der Waals surface area contributed by atoms with Crippen molar-refractivity contribution in [1.82, 2.24) is 4.98 Å². The van der Waals surface area contributed by atoms with E-state index in [1.165, 1.54) is 35.6 Å². The van der Waals surface area contributed by atoms with Crippen LogP contribution in [0.4, 0.5) is 13.9 Å². The molecule has 28 heavy (non-hydrogen) atoms. The monoisotopic (exact) mass is 426 g/mol. The summed E-state index contributed by atoms with van der Waals surface area (Å²) >= 11 is 1.41. The van der Waals surface area contributed by atoms with Crippen LogP contribution < -0.4 is 5.32 Å². The number of amides is 1. The van der Waals surface area contributed by atoms with Gasteiger partial charge in [-0.3, -0.25) is 9.00 Å². The summed E-state index contributed by atoms with van der Waals surface area (Å²) < 4.78 is 38.9. The molecule has 1 saturated carbocycles. The van der Waals surface area contributed by atoms with Gasteiger partial charge in [0.15, 0.2) is 5.13 Å². The Bertz CT molecular complexity index is 892. The minimum atomic E-state index is -2.96. The third-order valence-corrected chi connectivity index (χ3v) is 8.31. The van der Waals surface area contributed by atoms with Gasteiger partial charge in [-0.2, -0.15) is 0 Å². The van der Waals surface area contributed by atoms with Gasteiger partial charge in [0.1, 0.15) is 4.75 Å². The van der Waals surface area contributed by atoms with Crippen LogP contribution in [-0.2, 0) is 26.9 Å². The van der Waals surface area contributed by atoms with Crippen LogP contribution in [0, 0.1) is 0 Å². The van der Waals surface area contributed by atoms with Crippen LogP contribution >= 0.6 is 11.3 Å². The average molecular weight is 427 g/mol. The molecule has 1 N–H and O–H groups in total. The van der Waals surface area contributed by atoms with Crippen LogP contribution in [-0.4, -0.2) is 19.8 Å². The number of rotatable bonds is 5. The van der Waals surface area contributed by atoms with E-state index in [1.54, 1.807) is 6.20 Å². The molecule has 4 nitrogen and oxygen atoms in total. The number of nitrogens with zero attached hydrogens (tertiary/aromatic N) is 1. The molecule has 1 atom stereocenters. The molecule has 1 aliphatic rings. The van der Waals surface area contributed by atoms with Crippen molar-refractivity contribution in [3.63, 3.8) is 0 Å². The second-order valence-corrected chi connectivity index (χ2v) is 11.1. The lowest BCUT2D eigenvalue weighted by Crippen LogP contribution is -2.52. The lowest BCUT2D eigenvalue weighted by molar-refractivity contribution is -0.120. The number of anilines is 1. The van der Waals surface area contributed by atoms with Gasteiger partial charge in [0.05, 0.1) is 10.8 Å². The molecule has 1 heterocycles. The second-order valence-electron chi connectivity index (χ2n) is 8.26. The van der Waals surface area contributed by atoms with Crippen LogP contribution in [0.25, 0.3) is 0 Å². The van der Waals surface area contributed by atoms with Gasteiger partial charge < -0.3 is 5.32 Å². The first-order chi connectivity index (χ1) is 12.9. The molecule has 1 aromatic carbocycles. The first kappa shape index (κ1) is 21.0.